The fourth-order valence-corrected chi connectivity index (χ4v) is 1.29. The minimum Gasteiger partial charge on any atom is -0.461 e. The molecule has 0 saturated carbocycles. The molecule has 1 unspecified atom stereocenters. The van der Waals surface area contributed by atoms with Crippen molar-refractivity contribution in [3.8, 4) is 0 Å². The molecule has 0 aromatic heterocycles. The molecule has 0 bridgehead atoms. The molecule has 1 heterocycles. The number of aliphatic hydroxyl groups is 1. The molecule has 1 atom stereocenters. The van der Waals surface area contributed by atoms with Gasteiger partial charge in [-0.15, -0.1) is 0 Å². The molecule has 1 aliphatic heterocycles. The summed E-state index contributed by atoms with van der Waals surface area (Å²) in [5.74, 6) is 0.825. The van der Waals surface area contributed by atoms with Crippen molar-refractivity contribution >= 4 is 0 Å². The minimum absolute atomic E-state index is 0.753. The lowest BCUT2D eigenvalue weighted by Crippen LogP contribution is -2.14. The zero-order valence-electron chi connectivity index (χ0n) is 6.16. The molecule has 58 valence electrons. The molecule has 2 nitrogen and oxygen atoms in total. The summed E-state index contributed by atoms with van der Waals surface area (Å²) in [6.07, 6.45) is 9.02. The predicted octanol–water partition coefficient (Wildman–Crippen LogP) is 1.50. The van der Waals surface area contributed by atoms with Crippen molar-refractivity contribution in [3.63, 3.8) is 0 Å². The number of allylic oxidation sites excluding steroid dienone is 3. The fraction of sp³-hybridized carbons (Fsp3) is 0.333. The van der Waals surface area contributed by atoms with Crippen molar-refractivity contribution in [2.45, 2.75) is 19.1 Å². The second-order valence-electron chi connectivity index (χ2n) is 2.67. The quantitative estimate of drug-likeness (QED) is 0.567. The normalized spacial score (nSPS) is 28.3. The third-order valence-electron chi connectivity index (χ3n) is 1.83. The van der Waals surface area contributed by atoms with Crippen LogP contribution in [-0.2, 0) is 4.74 Å². The van der Waals surface area contributed by atoms with Gasteiger partial charge in [-0.1, -0.05) is 6.08 Å². The van der Waals surface area contributed by atoms with Crippen LogP contribution in [0.15, 0.2) is 35.6 Å². The van der Waals surface area contributed by atoms with Crippen molar-refractivity contribution in [1.29, 1.82) is 0 Å². The molecule has 0 aromatic carbocycles. The van der Waals surface area contributed by atoms with Crippen LogP contribution in [0.3, 0.4) is 0 Å². The first-order valence-electron chi connectivity index (χ1n) is 3.80. The van der Waals surface area contributed by atoms with Gasteiger partial charge in [-0.25, -0.2) is 0 Å². The smallest absolute Gasteiger partial charge is 0.217 e. The van der Waals surface area contributed by atoms with Crippen molar-refractivity contribution in [1.82, 2.24) is 0 Å². The first-order valence-corrected chi connectivity index (χ1v) is 3.80. The first kappa shape index (κ1) is 6.68. The molecule has 2 rings (SSSR count). The maximum atomic E-state index is 9.07. The molecular formula is C9H10O2. The van der Waals surface area contributed by atoms with Gasteiger partial charge in [0.1, 0.15) is 5.76 Å². The van der Waals surface area contributed by atoms with Gasteiger partial charge in [-0.3, -0.25) is 0 Å². The molecule has 11 heavy (non-hydrogen) atoms. The molecular weight excluding hydrogens is 140 g/mol. The second kappa shape index (κ2) is 2.55. The van der Waals surface area contributed by atoms with Gasteiger partial charge in [0.25, 0.3) is 0 Å². The van der Waals surface area contributed by atoms with E-state index in [0.717, 1.165) is 24.2 Å². The molecule has 0 aromatic rings. The Hall–Kier alpha value is -1.02. The maximum absolute atomic E-state index is 9.07. The SMILES string of the molecule is OC1C=CC2=CCCC=C2O1. The summed E-state index contributed by atoms with van der Waals surface area (Å²) >= 11 is 0. The molecule has 1 aliphatic carbocycles. The van der Waals surface area contributed by atoms with Gasteiger partial charge in [0, 0.05) is 5.57 Å². The molecule has 0 radical (unpaired) electrons. The average Bonchev–Trinajstić information content (AvgIpc) is 2.04. The summed E-state index contributed by atoms with van der Waals surface area (Å²) in [6, 6.07) is 0. The summed E-state index contributed by atoms with van der Waals surface area (Å²) in [5, 5.41) is 9.07. The third kappa shape index (κ3) is 1.21. The van der Waals surface area contributed by atoms with Gasteiger partial charge in [0.05, 0.1) is 0 Å². The molecule has 2 aliphatic rings. The van der Waals surface area contributed by atoms with Crippen LogP contribution in [0.25, 0.3) is 0 Å². The van der Waals surface area contributed by atoms with E-state index >= 15 is 0 Å². The standard InChI is InChI=1S/C9H10O2/c10-9-6-5-7-3-1-2-4-8(7)11-9/h3-6,9-10H,1-2H2. The van der Waals surface area contributed by atoms with Crippen molar-refractivity contribution in [2.24, 2.45) is 0 Å². The molecule has 0 fully saturated rings. The van der Waals surface area contributed by atoms with Crippen LogP contribution in [0.2, 0.25) is 0 Å². The number of rotatable bonds is 0. The first-order chi connectivity index (χ1) is 5.36. The van der Waals surface area contributed by atoms with Crippen LogP contribution in [0.5, 0.6) is 0 Å². The van der Waals surface area contributed by atoms with Crippen LogP contribution in [-0.4, -0.2) is 11.4 Å². The van der Waals surface area contributed by atoms with Gasteiger partial charge in [0.15, 0.2) is 0 Å². The van der Waals surface area contributed by atoms with Crippen LogP contribution >= 0.6 is 0 Å². The van der Waals surface area contributed by atoms with Crippen molar-refractivity contribution in [2.75, 3.05) is 0 Å². The summed E-state index contributed by atoms with van der Waals surface area (Å²) < 4.78 is 5.15. The number of aliphatic hydroxyl groups excluding tert-OH is 1. The highest BCUT2D eigenvalue weighted by Crippen LogP contribution is 2.25. The van der Waals surface area contributed by atoms with Gasteiger partial charge in [0.2, 0.25) is 6.29 Å². The molecule has 0 spiro atoms. The van der Waals surface area contributed by atoms with E-state index in [1.165, 1.54) is 0 Å². The largest absolute Gasteiger partial charge is 0.461 e. The highest BCUT2D eigenvalue weighted by molar-refractivity contribution is 5.40. The Bertz CT molecular complexity index is 248. The van der Waals surface area contributed by atoms with E-state index < -0.39 is 6.29 Å². The van der Waals surface area contributed by atoms with Crippen LogP contribution in [0.4, 0.5) is 0 Å². The second-order valence-corrected chi connectivity index (χ2v) is 2.67. The zero-order chi connectivity index (χ0) is 7.68. The Labute approximate surface area is 65.5 Å². The summed E-state index contributed by atoms with van der Waals surface area (Å²) in [7, 11) is 0. The Balaban J connectivity index is 2.30. The van der Waals surface area contributed by atoms with Gasteiger partial charge < -0.3 is 9.84 Å². The topological polar surface area (TPSA) is 29.5 Å². The van der Waals surface area contributed by atoms with E-state index in [-0.39, 0.29) is 0 Å². The van der Waals surface area contributed by atoms with Gasteiger partial charge in [-0.2, -0.15) is 0 Å². The molecule has 1 N–H and O–H groups in total. The van der Waals surface area contributed by atoms with E-state index in [4.69, 9.17) is 9.84 Å². The van der Waals surface area contributed by atoms with Crippen LogP contribution < -0.4 is 0 Å². The monoisotopic (exact) mass is 150 g/mol. The van der Waals surface area contributed by atoms with E-state index in [9.17, 15) is 0 Å². The Morgan fingerprint density at radius 2 is 2.18 bits per heavy atom. The Morgan fingerprint density at radius 3 is 3.09 bits per heavy atom. The highest BCUT2D eigenvalue weighted by atomic mass is 16.6. The minimum atomic E-state index is -0.753. The van der Waals surface area contributed by atoms with Gasteiger partial charge in [-0.05, 0) is 31.1 Å². The van der Waals surface area contributed by atoms with E-state index in [1.54, 1.807) is 6.08 Å². The van der Waals surface area contributed by atoms with Crippen molar-refractivity contribution in [3.05, 3.63) is 35.6 Å². The summed E-state index contributed by atoms with van der Waals surface area (Å²) in [5.41, 5.74) is 1.10. The van der Waals surface area contributed by atoms with E-state index in [2.05, 4.69) is 6.08 Å². The number of hydrogen-bond acceptors (Lipinski definition) is 2. The highest BCUT2D eigenvalue weighted by Gasteiger charge is 2.15. The lowest BCUT2D eigenvalue weighted by Gasteiger charge is -2.21. The zero-order valence-corrected chi connectivity index (χ0v) is 6.16. The van der Waals surface area contributed by atoms with Crippen LogP contribution in [0, 0.1) is 0 Å². The summed E-state index contributed by atoms with van der Waals surface area (Å²) in [4.78, 5) is 0. The molecule has 0 amide bonds. The van der Waals surface area contributed by atoms with E-state index in [0.29, 0.717) is 0 Å². The summed E-state index contributed by atoms with van der Waals surface area (Å²) in [6.45, 7) is 0. The average molecular weight is 150 g/mol. The number of fused-ring (bicyclic) bond motifs is 1. The fourth-order valence-electron chi connectivity index (χ4n) is 1.29. The molecule has 2 heteroatoms. The lowest BCUT2D eigenvalue weighted by molar-refractivity contribution is -0.0271. The number of ether oxygens (including phenoxy) is 1. The van der Waals surface area contributed by atoms with Crippen LogP contribution in [0.1, 0.15) is 12.8 Å². The third-order valence-corrected chi connectivity index (χ3v) is 1.83. The Kier molecular flexibility index (Phi) is 1.55. The Morgan fingerprint density at radius 1 is 1.36 bits per heavy atom. The van der Waals surface area contributed by atoms with E-state index in [1.807, 2.05) is 12.2 Å². The lowest BCUT2D eigenvalue weighted by atomic mass is 10.0. The van der Waals surface area contributed by atoms with Gasteiger partial charge >= 0.3 is 0 Å². The molecule has 0 saturated heterocycles. The van der Waals surface area contributed by atoms with Crippen molar-refractivity contribution < 1.29 is 9.84 Å². The predicted molar refractivity (Wildman–Crippen MR) is 41.6 cm³/mol. The number of hydrogen-bond donors (Lipinski definition) is 1. The maximum Gasteiger partial charge on any atom is 0.217 e.